The van der Waals surface area contributed by atoms with Crippen molar-refractivity contribution in [2.45, 2.75) is 30.2 Å². The van der Waals surface area contributed by atoms with E-state index in [1.165, 1.54) is 4.31 Å². The number of hydrogen-bond donors (Lipinski definition) is 1. The average Bonchev–Trinajstić information content (AvgIpc) is 3.46. The van der Waals surface area contributed by atoms with Gasteiger partial charge in [0.05, 0.1) is 15.6 Å². The number of amides is 1. The first-order valence-electron chi connectivity index (χ1n) is 10.1. The zero-order chi connectivity index (χ0) is 22.7. The maximum Gasteiger partial charge on any atom is 0.243 e. The monoisotopic (exact) mass is 493 g/mol. The van der Waals surface area contributed by atoms with Crippen LogP contribution in [0.4, 0.5) is 4.39 Å². The van der Waals surface area contributed by atoms with E-state index in [-0.39, 0.29) is 22.4 Å². The third-order valence-corrected chi connectivity index (χ3v) is 8.39. The van der Waals surface area contributed by atoms with Gasteiger partial charge in [-0.2, -0.15) is 4.31 Å². The second-order valence-electron chi connectivity index (χ2n) is 7.40. The number of rotatable bonds is 7. The molecule has 1 amide bonds. The van der Waals surface area contributed by atoms with Gasteiger partial charge in [-0.15, -0.1) is 11.3 Å². The first kappa shape index (κ1) is 22.8. The van der Waals surface area contributed by atoms with E-state index < -0.39 is 21.9 Å². The Labute approximate surface area is 195 Å². The Morgan fingerprint density at radius 2 is 2.03 bits per heavy atom. The molecule has 4 rings (SSSR count). The number of halogens is 2. The molecule has 3 aromatic rings. The molecule has 1 N–H and O–H groups in total. The Balaban J connectivity index is 1.38. The van der Waals surface area contributed by atoms with Crippen LogP contribution in [0.1, 0.15) is 18.5 Å². The number of thiazole rings is 1. The maximum absolute atomic E-state index is 13.4. The summed E-state index contributed by atoms with van der Waals surface area (Å²) >= 11 is 7.29. The molecule has 2 heterocycles. The fourth-order valence-electron chi connectivity index (χ4n) is 3.63. The summed E-state index contributed by atoms with van der Waals surface area (Å²) in [5.74, 6) is -1.04. The lowest BCUT2D eigenvalue weighted by molar-refractivity contribution is -0.124. The predicted molar refractivity (Wildman–Crippen MR) is 123 cm³/mol. The summed E-state index contributed by atoms with van der Waals surface area (Å²) in [5.41, 5.74) is 1.91. The Bertz CT molecular complexity index is 1220. The summed E-state index contributed by atoms with van der Waals surface area (Å²) in [6.45, 7) is 0.575. The number of aromatic nitrogens is 1. The molecule has 1 saturated heterocycles. The fraction of sp³-hybridized carbons (Fsp3) is 0.273. The van der Waals surface area contributed by atoms with E-state index in [2.05, 4.69) is 10.3 Å². The van der Waals surface area contributed by atoms with Crippen molar-refractivity contribution >= 4 is 38.9 Å². The molecule has 2 aromatic carbocycles. The number of nitrogens with zero attached hydrogens (tertiary/aromatic N) is 2. The molecular weight excluding hydrogens is 473 g/mol. The van der Waals surface area contributed by atoms with Gasteiger partial charge in [0.2, 0.25) is 15.9 Å². The smallest absolute Gasteiger partial charge is 0.243 e. The van der Waals surface area contributed by atoms with Crippen LogP contribution >= 0.6 is 22.9 Å². The lowest BCUT2D eigenvalue weighted by Gasteiger charge is -2.23. The average molecular weight is 494 g/mol. The number of hydrogen-bond acceptors (Lipinski definition) is 5. The number of sulfonamides is 1. The van der Waals surface area contributed by atoms with Crippen LogP contribution in [0.25, 0.3) is 10.6 Å². The highest BCUT2D eigenvalue weighted by atomic mass is 35.5. The van der Waals surface area contributed by atoms with Crippen molar-refractivity contribution in [3.63, 3.8) is 0 Å². The van der Waals surface area contributed by atoms with Crippen LogP contribution in [0, 0.1) is 5.82 Å². The summed E-state index contributed by atoms with van der Waals surface area (Å²) < 4.78 is 40.6. The van der Waals surface area contributed by atoms with Crippen molar-refractivity contribution in [3.8, 4) is 10.6 Å². The Morgan fingerprint density at radius 1 is 1.25 bits per heavy atom. The van der Waals surface area contributed by atoms with Crippen LogP contribution in [0.15, 0.2) is 58.8 Å². The normalized spacial score (nSPS) is 16.9. The zero-order valence-corrected chi connectivity index (χ0v) is 19.4. The molecule has 1 aliphatic heterocycles. The molecule has 1 fully saturated rings. The molecule has 10 heteroatoms. The summed E-state index contributed by atoms with van der Waals surface area (Å²) in [5, 5.41) is 5.43. The predicted octanol–water partition coefficient (Wildman–Crippen LogP) is 4.11. The van der Waals surface area contributed by atoms with E-state index in [1.54, 1.807) is 11.3 Å². The Hall–Kier alpha value is -2.33. The molecule has 0 saturated carbocycles. The molecule has 168 valence electrons. The molecule has 0 unspecified atom stereocenters. The molecule has 1 aliphatic rings. The van der Waals surface area contributed by atoms with Crippen molar-refractivity contribution in [2.75, 3.05) is 13.1 Å². The second kappa shape index (κ2) is 9.66. The largest absolute Gasteiger partial charge is 0.354 e. The van der Waals surface area contributed by atoms with Crippen LogP contribution in [0.3, 0.4) is 0 Å². The highest BCUT2D eigenvalue weighted by Crippen LogP contribution is 2.28. The number of benzene rings is 2. The number of carbonyl (C=O) groups excluding carboxylic acids is 1. The number of carbonyl (C=O) groups is 1. The van der Waals surface area contributed by atoms with Gasteiger partial charge in [0.25, 0.3) is 0 Å². The topological polar surface area (TPSA) is 79.4 Å². The second-order valence-corrected chi connectivity index (χ2v) is 10.6. The standard InChI is InChI=1S/C22H21ClFN3O3S2/c23-18-13-17(8-9-19(18)24)32(29,30)27-12-4-7-20(27)21(28)25-11-10-16-14-31-22(26-16)15-5-2-1-3-6-15/h1-3,5-6,8-9,13-14,20H,4,7,10-12H2,(H,25,28)/t20-/m1/s1. The van der Waals surface area contributed by atoms with Crippen molar-refractivity contribution in [1.82, 2.24) is 14.6 Å². The van der Waals surface area contributed by atoms with Gasteiger partial charge in [-0.25, -0.2) is 17.8 Å². The van der Waals surface area contributed by atoms with Gasteiger partial charge < -0.3 is 5.32 Å². The summed E-state index contributed by atoms with van der Waals surface area (Å²) in [6, 6.07) is 12.3. The van der Waals surface area contributed by atoms with Crippen LogP contribution in [0.2, 0.25) is 5.02 Å². The van der Waals surface area contributed by atoms with Gasteiger partial charge >= 0.3 is 0 Å². The molecule has 0 aliphatic carbocycles. The van der Waals surface area contributed by atoms with Crippen molar-refractivity contribution < 1.29 is 17.6 Å². The van der Waals surface area contributed by atoms with E-state index in [0.717, 1.165) is 34.5 Å². The minimum Gasteiger partial charge on any atom is -0.354 e. The van der Waals surface area contributed by atoms with E-state index in [9.17, 15) is 17.6 Å². The van der Waals surface area contributed by atoms with Crippen molar-refractivity contribution in [3.05, 3.63) is 70.4 Å². The minimum absolute atomic E-state index is 0.125. The highest BCUT2D eigenvalue weighted by Gasteiger charge is 2.39. The van der Waals surface area contributed by atoms with Gasteiger partial charge in [0.15, 0.2) is 0 Å². The molecule has 0 radical (unpaired) electrons. The van der Waals surface area contributed by atoms with E-state index in [4.69, 9.17) is 11.6 Å². The molecule has 32 heavy (non-hydrogen) atoms. The van der Waals surface area contributed by atoms with E-state index in [0.29, 0.717) is 25.8 Å². The molecule has 0 bridgehead atoms. The zero-order valence-electron chi connectivity index (χ0n) is 17.0. The van der Waals surface area contributed by atoms with Crippen LogP contribution < -0.4 is 5.32 Å². The third-order valence-electron chi connectivity index (χ3n) is 5.26. The Morgan fingerprint density at radius 3 is 2.78 bits per heavy atom. The van der Waals surface area contributed by atoms with Crippen molar-refractivity contribution in [1.29, 1.82) is 0 Å². The molecular formula is C22H21ClFN3O3S2. The minimum atomic E-state index is -3.97. The molecule has 6 nitrogen and oxygen atoms in total. The van der Waals surface area contributed by atoms with E-state index in [1.807, 2.05) is 35.7 Å². The van der Waals surface area contributed by atoms with Gasteiger partial charge in [-0.1, -0.05) is 41.9 Å². The first-order chi connectivity index (χ1) is 15.4. The fourth-order valence-corrected chi connectivity index (χ4v) is 6.42. The van der Waals surface area contributed by atoms with Gasteiger partial charge in [-0.05, 0) is 31.0 Å². The van der Waals surface area contributed by atoms with Gasteiger partial charge in [-0.3, -0.25) is 4.79 Å². The van der Waals surface area contributed by atoms with Crippen LogP contribution in [0.5, 0.6) is 0 Å². The number of nitrogens with one attached hydrogen (secondary N) is 1. The third kappa shape index (κ3) is 4.85. The SMILES string of the molecule is O=C(NCCc1csc(-c2ccccc2)n1)[C@H]1CCCN1S(=O)(=O)c1ccc(F)c(Cl)c1. The molecule has 1 atom stereocenters. The first-order valence-corrected chi connectivity index (χ1v) is 12.8. The van der Waals surface area contributed by atoms with Crippen molar-refractivity contribution in [2.24, 2.45) is 0 Å². The van der Waals surface area contributed by atoms with Crippen LogP contribution in [-0.4, -0.2) is 42.7 Å². The lowest BCUT2D eigenvalue weighted by Crippen LogP contribution is -2.46. The van der Waals surface area contributed by atoms with Gasteiger partial charge in [0.1, 0.15) is 16.9 Å². The molecule has 1 aromatic heterocycles. The molecule has 0 spiro atoms. The lowest BCUT2D eigenvalue weighted by atomic mass is 10.2. The Kier molecular flexibility index (Phi) is 6.90. The maximum atomic E-state index is 13.4. The van der Waals surface area contributed by atoms with E-state index >= 15 is 0 Å². The summed E-state index contributed by atoms with van der Waals surface area (Å²) in [7, 11) is -3.97. The summed E-state index contributed by atoms with van der Waals surface area (Å²) in [4.78, 5) is 17.2. The van der Waals surface area contributed by atoms with Crippen LogP contribution in [-0.2, 0) is 21.2 Å². The quantitative estimate of drug-likeness (QED) is 0.537. The summed E-state index contributed by atoms with van der Waals surface area (Å²) in [6.07, 6.45) is 1.54. The van der Waals surface area contributed by atoms with Gasteiger partial charge in [0, 0.05) is 30.5 Å². The highest BCUT2D eigenvalue weighted by molar-refractivity contribution is 7.89.